The number of hydrogen-bond donors (Lipinski definition) is 3. The predicted molar refractivity (Wildman–Crippen MR) is 81.5 cm³/mol. The highest BCUT2D eigenvalue weighted by Crippen LogP contribution is 2.12. The van der Waals surface area contributed by atoms with E-state index < -0.39 is 0 Å². The molecular formula is C14H27N5. The summed E-state index contributed by atoms with van der Waals surface area (Å²) in [6.45, 7) is 8.89. The first-order chi connectivity index (χ1) is 9.11. The summed E-state index contributed by atoms with van der Waals surface area (Å²) in [4.78, 5) is 8.75. The summed E-state index contributed by atoms with van der Waals surface area (Å²) in [6.07, 6.45) is 3.34. The van der Waals surface area contributed by atoms with Crippen molar-refractivity contribution in [3.63, 3.8) is 0 Å². The largest absolute Gasteiger partial charge is 0.370 e. The maximum Gasteiger partial charge on any atom is 0.131 e. The number of hydrogen-bond acceptors (Lipinski definition) is 5. The van der Waals surface area contributed by atoms with E-state index in [1.807, 2.05) is 13.0 Å². The van der Waals surface area contributed by atoms with Crippen molar-refractivity contribution in [2.75, 3.05) is 30.3 Å². The van der Waals surface area contributed by atoms with Gasteiger partial charge in [0.1, 0.15) is 17.5 Å². The first-order valence-electron chi connectivity index (χ1n) is 7.15. The first-order valence-corrected chi connectivity index (χ1v) is 7.15. The van der Waals surface area contributed by atoms with Crippen molar-refractivity contribution in [3.05, 3.63) is 11.9 Å². The van der Waals surface area contributed by atoms with E-state index in [2.05, 4.69) is 34.4 Å². The molecule has 0 radical (unpaired) electrons. The SMILES string of the molecule is Cc1nc(NCCCN)cc(NCCCC(C)C)n1. The maximum atomic E-state index is 5.47. The average Bonchev–Trinajstić information content (AvgIpc) is 2.34. The van der Waals surface area contributed by atoms with Gasteiger partial charge in [0.2, 0.25) is 0 Å². The molecule has 0 saturated heterocycles. The molecule has 1 aromatic rings. The summed E-state index contributed by atoms with van der Waals surface area (Å²) in [5.74, 6) is 3.30. The molecular weight excluding hydrogens is 238 g/mol. The summed E-state index contributed by atoms with van der Waals surface area (Å²) in [6, 6.07) is 1.96. The monoisotopic (exact) mass is 265 g/mol. The first kappa shape index (κ1) is 15.7. The summed E-state index contributed by atoms with van der Waals surface area (Å²) in [5.41, 5.74) is 5.47. The van der Waals surface area contributed by atoms with Crippen LogP contribution in [0.5, 0.6) is 0 Å². The molecule has 5 heteroatoms. The van der Waals surface area contributed by atoms with Crippen LogP contribution in [0.3, 0.4) is 0 Å². The second-order valence-electron chi connectivity index (χ2n) is 5.22. The van der Waals surface area contributed by atoms with E-state index in [1.165, 1.54) is 6.42 Å². The molecule has 0 spiro atoms. The van der Waals surface area contributed by atoms with Gasteiger partial charge in [-0.2, -0.15) is 0 Å². The molecule has 0 aliphatic carbocycles. The topological polar surface area (TPSA) is 75.9 Å². The number of aryl methyl sites for hydroxylation is 1. The molecule has 0 aromatic carbocycles. The summed E-state index contributed by atoms with van der Waals surface area (Å²) >= 11 is 0. The van der Waals surface area contributed by atoms with Gasteiger partial charge in [-0.05, 0) is 38.6 Å². The Hall–Kier alpha value is -1.36. The molecule has 1 aromatic heterocycles. The van der Waals surface area contributed by atoms with Crippen molar-refractivity contribution < 1.29 is 0 Å². The van der Waals surface area contributed by atoms with Gasteiger partial charge in [0.15, 0.2) is 0 Å². The molecule has 0 amide bonds. The highest BCUT2D eigenvalue weighted by atomic mass is 15.1. The Balaban J connectivity index is 2.44. The molecule has 1 rings (SSSR count). The molecule has 4 N–H and O–H groups in total. The Morgan fingerprint density at radius 2 is 1.68 bits per heavy atom. The fourth-order valence-electron chi connectivity index (χ4n) is 1.79. The summed E-state index contributed by atoms with van der Waals surface area (Å²) in [5, 5.41) is 6.62. The second-order valence-corrected chi connectivity index (χ2v) is 5.22. The van der Waals surface area contributed by atoms with Crippen LogP contribution in [0, 0.1) is 12.8 Å². The molecule has 0 atom stereocenters. The van der Waals surface area contributed by atoms with Crippen LogP contribution in [0.15, 0.2) is 6.07 Å². The molecule has 19 heavy (non-hydrogen) atoms. The van der Waals surface area contributed by atoms with E-state index in [9.17, 15) is 0 Å². The van der Waals surface area contributed by atoms with Gasteiger partial charge in [-0.1, -0.05) is 13.8 Å². The third-order valence-corrected chi connectivity index (χ3v) is 2.79. The Morgan fingerprint density at radius 3 is 2.21 bits per heavy atom. The third kappa shape index (κ3) is 6.96. The van der Waals surface area contributed by atoms with Gasteiger partial charge in [0, 0.05) is 19.2 Å². The summed E-state index contributed by atoms with van der Waals surface area (Å²) in [7, 11) is 0. The highest BCUT2D eigenvalue weighted by molar-refractivity contribution is 5.47. The van der Waals surface area contributed by atoms with Crippen LogP contribution < -0.4 is 16.4 Å². The van der Waals surface area contributed by atoms with Crippen LogP contribution in [-0.2, 0) is 0 Å². The fraction of sp³-hybridized carbons (Fsp3) is 0.714. The van der Waals surface area contributed by atoms with E-state index in [0.717, 1.165) is 49.3 Å². The van der Waals surface area contributed by atoms with E-state index in [4.69, 9.17) is 5.73 Å². The van der Waals surface area contributed by atoms with Gasteiger partial charge in [0.25, 0.3) is 0 Å². The van der Waals surface area contributed by atoms with Crippen molar-refractivity contribution in [2.24, 2.45) is 11.7 Å². The molecule has 0 unspecified atom stereocenters. The van der Waals surface area contributed by atoms with E-state index in [-0.39, 0.29) is 0 Å². The lowest BCUT2D eigenvalue weighted by Crippen LogP contribution is -2.11. The lowest BCUT2D eigenvalue weighted by molar-refractivity contribution is 0.566. The van der Waals surface area contributed by atoms with E-state index in [0.29, 0.717) is 6.54 Å². The van der Waals surface area contributed by atoms with E-state index in [1.54, 1.807) is 0 Å². The van der Waals surface area contributed by atoms with Gasteiger partial charge in [-0.15, -0.1) is 0 Å². The number of nitrogens with zero attached hydrogens (tertiary/aromatic N) is 2. The van der Waals surface area contributed by atoms with Crippen molar-refractivity contribution in [1.82, 2.24) is 9.97 Å². The molecule has 1 heterocycles. The van der Waals surface area contributed by atoms with Gasteiger partial charge < -0.3 is 16.4 Å². The highest BCUT2D eigenvalue weighted by Gasteiger charge is 2.01. The van der Waals surface area contributed by atoms with Crippen molar-refractivity contribution >= 4 is 11.6 Å². The van der Waals surface area contributed by atoms with Crippen LogP contribution in [0.4, 0.5) is 11.6 Å². The Kier molecular flexibility index (Phi) is 7.18. The van der Waals surface area contributed by atoms with Crippen LogP contribution in [0.1, 0.15) is 38.9 Å². The molecule has 0 aliphatic heterocycles. The van der Waals surface area contributed by atoms with Crippen LogP contribution in [0.25, 0.3) is 0 Å². The van der Waals surface area contributed by atoms with Crippen LogP contribution in [0.2, 0.25) is 0 Å². The zero-order valence-corrected chi connectivity index (χ0v) is 12.4. The molecule has 0 aliphatic rings. The maximum absolute atomic E-state index is 5.47. The minimum atomic E-state index is 0.692. The zero-order valence-electron chi connectivity index (χ0n) is 12.4. The fourth-order valence-corrected chi connectivity index (χ4v) is 1.79. The van der Waals surface area contributed by atoms with Crippen molar-refractivity contribution in [3.8, 4) is 0 Å². The van der Waals surface area contributed by atoms with Crippen molar-refractivity contribution in [2.45, 2.75) is 40.0 Å². The number of rotatable bonds is 9. The standard InChI is InChI=1S/C14H27N5/c1-11(2)6-4-8-16-13-10-14(17-9-5-7-15)19-12(3)18-13/h10-11H,4-9,15H2,1-3H3,(H2,16,17,18,19). The number of nitrogens with two attached hydrogens (primary N) is 1. The molecule has 5 nitrogen and oxygen atoms in total. The van der Waals surface area contributed by atoms with Gasteiger partial charge >= 0.3 is 0 Å². The molecule has 0 bridgehead atoms. The predicted octanol–water partition coefficient (Wildman–Crippen LogP) is 2.39. The van der Waals surface area contributed by atoms with Crippen LogP contribution in [-0.4, -0.2) is 29.6 Å². The third-order valence-electron chi connectivity index (χ3n) is 2.79. The zero-order chi connectivity index (χ0) is 14.1. The van der Waals surface area contributed by atoms with Gasteiger partial charge in [-0.3, -0.25) is 0 Å². The van der Waals surface area contributed by atoms with Gasteiger partial charge in [-0.25, -0.2) is 9.97 Å². The minimum absolute atomic E-state index is 0.692. The quantitative estimate of drug-likeness (QED) is 0.598. The molecule has 0 saturated carbocycles. The summed E-state index contributed by atoms with van der Waals surface area (Å²) < 4.78 is 0. The number of nitrogens with one attached hydrogen (secondary N) is 2. The minimum Gasteiger partial charge on any atom is -0.370 e. The molecule has 0 fully saturated rings. The van der Waals surface area contributed by atoms with E-state index >= 15 is 0 Å². The lowest BCUT2D eigenvalue weighted by Gasteiger charge is -2.10. The normalized spacial score (nSPS) is 10.8. The van der Waals surface area contributed by atoms with Crippen molar-refractivity contribution in [1.29, 1.82) is 0 Å². The Labute approximate surface area is 116 Å². The van der Waals surface area contributed by atoms with Crippen LogP contribution >= 0.6 is 0 Å². The van der Waals surface area contributed by atoms with Gasteiger partial charge in [0.05, 0.1) is 0 Å². The number of aromatic nitrogens is 2. The average molecular weight is 265 g/mol. The Morgan fingerprint density at radius 1 is 1.11 bits per heavy atom. The number of anilines is 2. The Bertz CT molecular complexity index is 365. The lowest BCUT2D eigenvalue weighted by atomic mass is 10.1. The second kappa shape index (κ2) is 8.69. The smallest absolute Gasteiger partial charge is 0.131 e. The molecule has 108 valence electrons.